The summed E-state index contributed by atoms with van der Waals surface area (Å²) in [5, 5.41) is 4.48. The van der Waals surface area contributed by atoms with Crippen molar-refractivity contribution in [2.45, 2.75) is 36.6 Å². The number of carbonyl (C=O) groups excluding carboxylic acids is 1. The van der Waals surface area contributed by atoms with Crippen LogP contribution in [0.3, 0.4) is 0 Å². The fourth-order valence-electron chi connectivity index (χ4n) is 2.17. The van der Waals surface area contributed by atoms with Crippen LogP contribution in [0.4, 0.5) is 10.7 Å². The number of thiophene rings is 1. The highest BCUT2D eigenvalue weighted by molar-refractivity contribution is 7.99. The summed E-state index contributed by atoms with van der Waals surface area (Å²) in [5.41, 5.74) is 11.8. The summed E-state index contributed by atoms with van der Waals surface area (Å²) < 4.78 is 0. The number of carbonyl (C=O) groups is 1. The second-order valence-corrected chi connectivity index (χ2v) is 6.03. The number of rotatable bonds is 4. The molecule has 1 aromatic heterocycles. The molecule has 1 aromatic rings. The van der Waals surface area contributed by atoms with Gasteiger partial charge in [-0.1, -0.05) is 12.8 Å². The average Bonchev–Trinajstić information content (AvgIpc) is 2.87. The van der Waals surface area contributed by atoms with Crippen molar-refractivity contribution in [1.29, 1.82) is 0 Å². The fraction of sp³-hybridized carbons (Fsp3) is 0.545. The molecule has 5 N–H and O–H groups in total. The van der Waals surface area contributed by atoms with Crippen LogP contribution < -0.4 is 16.8 Å². The molecule has 0 saturated heterocycles. The van der Waals surface area contributed by atoms with Crippen LogP contribution in [0, 0.1) is 0 Å². The van der Waals surface area contributed by atoms with Crippen LogP contribution in [0.1, 0.15) is 35.4 Å². The number of anilines is 2. The number of thioether (sulfide) groups is 1. The smallest absolute Gasteiger partial charge is 0.261 e. The van der Waals surface area contributed by atoms with Crippen molar-refractivity contribution >= 4 is 39.7 Å². The summed E-state index contributed by atoms with van der Waals surface area (Å²) in [6.45, 7) is 0. The Kier molecular flexibility index (Phi) is 3.83. The summed E-state index contributed by atoms with van der Waals surface area (Å²) in [4.78, 5) is 12.7. The van der Waals surface area contributed by atoms with E-state index in [0.29, 0.717) is 16.6 Å². The Bertz CT molecular complexity index is 425. The predicted octanol–water partition coefficient (Wildman–Crippen LogP) is 2.51. The largest absolute Gasteiger partial charge is 0.396 e. The number of nitrogens with one attached hydrogen (secondary N) is 1. The average molecular weight is 271 g/mol. The molecule has 0 atom stereocenters. The van der Waals surface area contributed by atoms with Crippen LogP contribution in [-0.2, 0) is 0 Å². The van der Waals surface area contributed by atoms with E-state index in [-0.39, 0.29) is 0 Å². The van der Waals surface area contributed by atoms with Gasteiger partial charge in [-0.05, 0) is 19.1 Å². The molecule has 1 amide bonds. The second kappa shape index (κ2) is 5.18. The van der Waals surface area contributed by atoms with Gasteiger partial charge in [-0.2, -0.15) is 0 Å². The van der Waals surface area contributed by atoms with E-state index in [1.807, 2.05) is 6.26 Å². The molecule has 0 aliphatic heterocycles. The lowest BCUT2D eigenvalue weighted by atomic mass is 10.2. The third-order valence-corrected chi connectivity index (χ3v) is 5.13. The minimum atomic E-state index is -0.442. The molecule has 94 valence electrons. The zero-order valence-electron chi connectivity index (χ0n) is 9.79. The molecule has 4 nitrogen and oxygen atoms in total. The summed E-state index contributed by atoms with van der Waals surface area (Å²) in [6, 6.07) is 0.514. The van der Waals surface area contributed by atoms with E-state index in [0.717, 1.165) is 9.90 Å². The van der Waals surface area contributed by atoms with E-state index in [1.165, 1.54) is 37.0 Å². The van der Waals surface area contributed by atoms with Gasteiger partial charge in [0.05, 0.1) is 10.6 Å². The molecule has 1 aliphatic rings. The van der Waals surface area contributed by atoms with Crippen LogP contribution in [0.2, 0.25) is 0 Å². The molecule has 2 rings (SSSR count). The molecule has 1 fully saturated rings. The molecule has 0 spiro atoms. The molecule has 17 heavy (non-hydrogen) atoms. The van der Waals surface area contributed by atoms with Crippen molar-refractivity contribution in [2.24, 2.45) is 5.73 Å². The summed E-state index contributed by atoms with van der Waals surface area (Å²) in [5.74, 6) is -0.442. The lowest BCUT2D eigenvalue weighted by Crippen LogP contribution is -2.13. The van der Waals surface area contributed by atoms with Crippen molar-refractivity contribution in [2.75, 3.05) is 17.3 Å². The van der Waals surface area contributed by atoms with Gasteiger partial charge in [0.1, 0.15) is 9.88 Å². The second-order valence-electron chi connectivity index (χ2n) is 4.20. The van der Waals surface area contributed by atoms with Gasteiger partial charge in [-0.3, -0.25) is 4.79 Å². The maximum atomic E-state index is 11.3. The first kappa shape index (κ1) is 12.6. The number of primary amides is 1. The number of hydrogen-bond acceptors (Lipinski definition) is 5. The third kappa shape index (κ3) is 2.52. The van der Waals surface area contributed by atoms with Crippen molar-refractivity contribution < 1.29 is 4.79 Å². The first-order valence-electron chi connectivity index (χ1n) is 5.66. The van der Waals surface area contributed by atoms with E-state index >= 15 is 0 Å². The van der Waals surface area contributed by atoms with E-state index < -0.39 is 5.91 Å². The van der Waals surface area contributed by atoms with Crippen molar-refractivity contribution in [1.82, 2.24) is 0 Å². The third-order valence-electron chi connectivity index (χ3n) is 3.02. The minimum absolute atomic E-state index is 0.442. The van der Waals surface area contributed by atoms with Crippen LogP contribution in [0.25, 0.3) is 0 Å². The van der Waals surface area contributed by atoms with Gasteiger partial charge in [-0.25, -0.2) is 0 Å². The molecule has 1 saturated carbocycles. The van der Waals surface area contributed by atoms with Crippen LogP contribution >= 0.6 is 23.1 Å². The number of nitrogen functional groups attached to an aromatic ring is 1. The number of hydrogen-bond donors (Lipinski definition) is 3. The SMILES string of the molecule is CSc1c(NC2CCCC2)sc(C(N)=O)c1N. The Labute approximate surface area is 109 Å². The van der Waals surface area contributed by atoms with Gasteiger partial charge in [0.15, 0.2) is 0 Å². The van der Waals surface area contributed by atoms with Crippen LogP contribution in [0.15, 0.2) is 4.90 Å². The first-order valence-corrected chi connectivity index (χ1v) is 7.70. The molecule has 1 aliphatic carbocycles. The minimum Gasteiger partial charge on any atom is -0.396 e. The van der Waals surface area contributed by atoms with Crippen molar-refractivity contribution in [3.05, 3.63) is 4.88 Å². The fourth-order valence-corrected chi connectivity index (χ4v) is 4.12. The molecule has 0 radical (unpaired) electrons. The molecule has 0 aromatic carbocycles. The van der Waals surface area contributed by atoms with Crippen LogP contribution in [-0.4, -0.2) is 18.2 Å². The lowest BCUT2D eigenvalue weighted by Gasteiger charge is -2.12. The first-order chi connectivity index (χ1) is 8.13. The van der Waals surface area contributed by atoms with E-state index in [9.17, 15) is 4.79 Å². The highest BCUT2D eigenvalue weighted by atomic mass is 32.2. The van der Waals surface area contributed by atoms with Crippen molar-refractivity contribution in [3.63, 3.8) is 0 Å². The summed E-state index contributed by atoms with van der Waals surface area (Å²) in [7, 11) is 0. The molecular formula is C11H17N3OS2. The van der Waals surface area contributed by atoms with Gasteiger partial charge in [0.2, 0.25) is 0 Å². The van der Waals surface area contributed by atoms with Gasteiger partial charge in [0, 0.05) is 6.04 Å². The zero-order valence-corrected chi connectivity index (χ0v) is 11.4. The molecule has 0 unspecified atom stereocenters. The van der Waals surface area contributed by atoms with E-state index in [4.69, 9.17) is 11.5 Å². The standard InChI is InChI=1S/C11H17N3OS2/c1-16-9-7(12)8(10(13)15)17-11(9)14-6-4-2-3-5-6/h6,14H,2-5,12H2,1H3,(H2,13,15). The number of nitrogens with two attached hydrogens (primary N) is 2. The quantitative estimate of drug-likeness (QED) is 0.735. The van der Waals surface area contributed by atoms with Gasteiger partial charge in [-0.15, -0.1) is 23.1 Å². The van der Waals surface area contributed by atoms with E-state index in [1.54, 1.807) is 11.8 Å². The lowest BCUT2D eigenvalue weighted by molar-refractivity contribution is 0.100. The normalized spacial score (nSPS) is 16.3. The maximum absolute atomic E-state index is 11.3. The highest BCUT2D eigenvalue weighted by Crippen LogP contribution is 2.42. The molecule has 0 bridgehead atoms. The molecule has 6 heteroatoms. The maximum Gasteiger partial charge on any atom is 0.261 e. The molecule has 1 heterocycles. The number of amides is 1. The summed E-state index contributed by atoms with van der Waals surface area (Å²) in [6.07, 6.45) is 6.89. The Morgan fingerprint density at radius 1 is 1.47 bits per heavy atom. The monoisotopic (exact) mass is 271 g/mol. The van der Waals surface area contributed by atoms with Gasteiger partial charge in [0.25, 0.3) is 5.91 Å². The van der Waals surface area contributed by atoms with Gasteiger partial charge < -0.3 is 16.8 Å². The van der Waals surface area contributed by atoms with Gasteiger partial charge >= 0.3 is 0 Å². The summed E-state index contributed by atoms with van der Waals surface area (Å²) >= 11 is 2.93. The van der Waals surface area contributed by atoms with Crippen LogP contribution in [0.5, 0.6) is 0 Å². The van der Waals surface area contributed by atoms with E-state index in [2.05, 4.69) is 5.32 Å². The Hall–Kier alpha value is -0.880. The topological polar surface area (TPSA) is 81.1 Å². The van der Waals surface area contributed by atoms with Crippen molar-refractivity contribution in [3.8, 4) is 0 Å². The Balaban J connectivity index is 2.25. The zero-order chi connectivity index (χ0) is 12.4. The molecular weight excluding hydrogens is 254 g/mol. The highest BCUT2D eigenvalue weighted by Gasteiger charge is 2.22. The Morgan fingerprint density at radius 2 is 2.12 bits per heavy atom. The predicted molar refractivity (Wildman–Crippen MR) is 74.9 cm³/mol. The Morgan fingerprint density at radius 3 is 2.65 bits per heavy atom.